The van der Waals surface area contributed by atoms with Gasteiger partial charge in [0.1, 0.15) is 0 Å². The van der Waals surface area contributed by atoms with Crippen molar-refractivity contribution in [3.63, 3.8) is 0 Å². The van der Waals surface area contributed by atoms with Crippen molar-refractivity contribution in [1.82, 2.24) is 0 Å². The van der Waals surface area contributed by atoms with E-state index in [1.165, 1.54) is 160 Å². The van der Waals surface area contributed by atoms with E-state index in [4.69, 9.17) is 0 Å². The zero-order chi connectivity index (χ0) is 43.2. The van der Waals surface area contributed by atoms with E-state index in [1.54, 1.807) is 0 Å². The summed E-state index contributed by atoms with van der Waals surface area (Å²) in [6.07, 6.45) is 7.22. The van der Waals surface area contributed by atoms with Gasteiger partial charge in [-0.1, -0.05) is 223 Å². The molecule has 64 heavy (non-hydrogen) atoms. The second-order valence-electron chi connectivity index (χ2n) is 19.2. The molecule has 0 amide bonds. The Morgan fingerprint density at radius 2 is 0.641 bits per heavy atom. The zero-order valence-electron chi connectivity index (χ0n) is 37.6. The molecule has 0 radical (unpaired) electrons. The van der Waals surface area contributed by atoms with Crippen molar-refractivity contribution in [2.24, 2.45) is 0 Å². The minimum atomic E-state index is -0.0810. The standard InChI is InChI=1S/C64H54/c1-5-7-37-64(38-8-6-2)56-32-20-18-22-44(56)46-36-34-42(40-58(46)64)60-49-25-11-15-29-53(49)62(54-30-16-12-26-50(54)60)61-51-27-13-9-23-47(51)59(48-24-10-14-28-52(48)61)41-33-35-45-43-21-17-19-31-55(43)63(3,4)57(45)39-41/h9-36,39-40H,5-8,37-38H2,1-4H3. The number of rotatable bonds is 9. The highest BCUT2D eigenvalue weighted by Crippen LogP contribution is 2.57. The van der Waals surface area contributed by atoms with Crippen LogP contribution in [0.25, 0.3) is 98.7 Å². The molecule has 0 nitrogen and oxygen atoms in total. The van der Waals surface area contributed by atoms with Crippen LogP contribution in [0, 0.1) is 0 Å². The minimum absolute atomic E-state index is 0.0254. The Morgan fingerprint density at radius 3 is 1.08 bits per heavy atom. The second-order valence-corrected chi connectivity index (χ2v) is 19.2. The summed E-state index contributed by atoms with van der Waals surface area (Å²) in [5.74, 6) is 0. The molecule has 12 rings (SSSR count). The molecular weight excluding hydrogens is 769 g/mol. The third-order valence-corrected chi connectivity index (χ3v) is 15.5. The summed E-state index contributed by atoms with van der Waals surface area (Å²) in [6.45, 7) is 9.46. The SMILES string of the molecule is CCCCC1(CCCC)c2ccccc2-c2ccc(-c3c4ccccc4c(-c4c5ccccc5c(-c5ccc6c(c5)C(C)(C)c5ccccc5-6)c5ccccc45)c4ccccc34)cc21. The van der Waals surface area contributed by atoms with Crippen molar-refractivity contribution in [1.29, 1.82) is 0 Å². The monoisotopic (exact) mass is 822 g/mol. The Kier molecular flexibility index (Phi) is 9.07. The van der Waals surface area contributed by atoms with Gasteiger partial charge in [-0.2, -0.15) is 0 Å². The van der Waals surface area contributed by atoms with E-state index in [0.717, 1.165) is 0 Å². The Labute approximate surface area is 378 Å². The largest absolute Gasteiger partial charge is 0.0654 e. The highest BCUT2D eigenvalue weighted by molar-refractivity contribution is 6.30. The normalized spacial score (nSPS) is 14.2. The maximum absolute atomic E-state index is 2.62. The molecule has 10 aromatic carbocycles. The summed E-state index contributed by atoms with van der Waals surface area (Å²) in [5, 5.41) is 10.3. The lowest BCUT2D eigenvalue weighted by Gasteiger charge is -2.33. The van der Waals surface area contributed by atoms with Crippen LogP contribution < -0.4 is 0 Å². The lowest BCUT2D eigenvalue weighted by Crippen LogP contribution is -2.25. The van der Waals surface area contributed by atoms with Gasteiger partial charge >= 0.3 is 0 Å². The molecule has 2 aliphatic rings. The Hall–Kier alpha value is -6.76. The predicted molar refractivity (Wildman–Crippen MR) is 276 cm³/mol. The van der Waals surface area contributed by atoms with Gasteiger partial charge in [0.2, 0.25) is 0 Å². The van der Waals surface area contributed by atoms with E-state index < -0.39 is 0 Å². The maximum atomic E-state index is 2.62. The quantitative estimate of drug-likeness (QED) is 0.127. The Balaban J connectivity index is 1.12. The van der Waals surface area contributed by atoms with Gasteiger partial charge in [-0.05, 0) is 146 Å². The Bertz CT molecular complexity index is 3380. The van der Waals surface area contributed by atoms with Crippen LogP contribution in [0.3, 0.4) is 0 Å². The van der Waals surface area contributed by atoms with Crippen LogP contribution >= 0.6 is 0 Å². The van der Waals surface area contributed by atoms with Crippen molar-refractivity contribution >= 4 is 43.1 Å². The lowest BCUT2D eigenvalue weighted by atomic mass is 9.70. The van der Waals surface area contributed by atoms with Crippen LogP contribution in [-0.4, -0.2) is 0 Å². The lowest BCUT2D eigenvalue weighted by molar-refractivity contribution is 0.414. The summed E-state index contributed by atoms with van der Waals surface area (Å²) in [7, 11) is 0. The van der Waals surface area contributed by atoms with E-state index >= 15 is 0 Å². The van der Waals surface area contributed by atoms with E-state index in [9.17, 15) is 0 Å². The van der Waals surface area contributed by atoms with Crippen molar-refractivity contribution in [2.75, 3.05) is 0 Å². The molecule has 0 heteroatoms. The van der Waals surface area contributed by atoms with E-state index in [0.29, 0.717) is 0 Å². The van der Waals surface area contributed by atoms with Crippen molar-refractivity contribution in [3.05, 3.63) is 204 Å². The van der Waals surface area contributed by atoms with Gasteiger partial charge in [0.15, 0.2) is 0 Å². The molecule has 0 heterocycles. The molecule has 0 N–H and O–H groups in total. The summed E-state index contributed by atoms with van der Waals surface area (Å²) in [4.78, 5) is 0. The molecule has 310 valence electrons. The summed E-state index contributed by atoms with van der Waals surface area (Å²) in [5.41, 5.74) is 19.2. The zero-order valence-corrected chi connectivity index (χ0v) is 37.6. The van der Waals surface area contributed by atoms with Crippen LogP contribution in [0.5, 0.6) is 0 Å². The molecular formula is C64H54. The first-order chi connectivity index (χ1) is 31.4. The highest BCUT2D eigenvalue weighted by atomic mass is 14.5. The minimum Gasteiger partial charge on any atom is -0.0654 e. The van der Waals surface area contributed by atoms with Gasteiger partial charge in [0.25, 0.3) is 0 Å². The fourth-order valence-corrected chi connectivity index (χ4v) is 12.5. The molecule has 0 aromatic heterocycles. The molecule has 0 fully saturated rings. The van der Waals surface area contributed by atoms with Crippen LogP contribution in [0.15, 0.2) is 182 Å². The van der Waals surface area contributed by atoms with Crippen molar-refractivity contribution in [2.45, 2.75) is 77.0 Å². The third kappa shape index (κ3) is 5.54. The van der Waals surface area contributed by atoms with E-state index in [-0.39, 0.29) is 10.8 Å². The smallest absolute Gasteiger partial charge is 0.0215 e. The average molecular weight is 823 g/mol. The van der Waals surface area contributed by atoms with Gasteiger partial charge in [0, 0.05) is 10.8 Å². The molecule has 2 aliphatic carbocycles. The number of unbranched alkanes of at least 4 members (excludes halogenated alkanes) is 2. The van der Waals surface area contributed by atoms with Crippen LogP contribution in [0.1, 0.15) is 88.5 Å². The molecule has 0 unspecified atom stereocenters. The van der Waals surface area contributed by atoms with Crippen LogP contribution in [0.2, 0.25) is 0 Å². The molecule has 0 atom stereocenters. The maximum Gasteiger partial charge on any atom is 0.0215 e. The summed E-state index contributed by atoms with van der Waals surface area (Å²) < 4.78 is 0. The molecule has 0 spiro atoms. The molecule has 0 saturated heterocycles. The molecule has 0 aliphatic heterocycles. The predicted octanol–water partition coefficient (Wildman–Crippen LogP) is 18.3. The van der Waals surface area contributed by atoms with Crippen molar-refractivity contribution in [3.8, 4) is 55.6 Å². The second kappa shape index (κ2) is 14.9. The number of hydrogen-bond acceptors (Lipinski definition) is 0. The van der Waals surface area contributed by atoms with E-state index in [1.807, 2.05) is 0 Å². The van der Waals surface area contributed by atoms with Crippen LogP contribution in [-0.2, 0) is 10.8 Å². The van der Waals surface area contributed by atoms with Crippen LogP contribution in [0.4, 0.5) is 0 Å². The number of fused-ring (bicyclic) bond motifs is 10. The third-order valence-electron chi connectivity index (χ3n) is 15.5. The first kappa shape index (κ1) is 38.9. The summed E-state index contributed by atoms with van der Waals surface area (Å²) in [6, 6.07) is 69.9. The van der Waals surface area contributed by atoms with Crippen molar-refractivity contribution < 1.29 is 0 Å². The average Bonchev–Trinajstić information content (AvgIpc) is 3.75. The first-order valence-electron chi connectivity index (χ1n) is 23.8. The fraction of sp³-hybridized carbons (Fsp3) is 0.188. The molecule has 0 bridgehead atoms. The molecule has 0 saturated carbocycles. The fourth-order valence-electron chi connectivity index (χ4n) is 12.5. The van der Waals surface area contributed by atoms with Gasteiger partial charge in [-0.3, -0.25) is 0 Å². The topological polar surface area (TPSA) is 0 Å². The first-order valence-corrected chi connectivity index (χ1v) is 23.8. The summed E-state index contributed by atoms with van der Waals surface area (Å²) >= 11 is 0. The highest BCUT2D eigenvalue weighted by Gasteiger charge is 2.42. The van der Waals surface area contributed by atoms with Gasteiger partial charge in [-0.25, -0.2) is 0 Å². The van der Waals surface area contributed by atoms with E-state index in [2.05, 4.69) is 210 Å². The van der Waals surface area contributed by atoms with Gasteiger partial charge < -0.3 is 0 Å². The number of benzene rings is 10. The Morgan fingerprint density at radius 1 is 0.312 bits per heavy atom. The van der Waals surface area contributed by atoms with Gasteiger partial charge in [0.05, 0.1) is 0 Å². The number of hydrogen-bond donors (Lipinski definition) is 0. The molecule has 10 aromatic rings. The van der Waals surface area contributed by atoms with Gasteiger partial charge in [-0.15, -0.1) is 0 Å².